The minimum atomic E-state index is -0.302. The molecular weight excluding hydrogens is 432 g/mol. The summed E-state index contributed by atoms with van der Waals surface area (Å²) in [5, 5.41) is 1.94. The van der Waals surface area contributed by atoms with Crippen LogP contribution in [0.4, 0.5) is 4.79 Å². The molecule has 0 N–H and O–H groups in total. The summed E-state index contributed by atoms with van der Waals surface area (Å²) in [4.78, 5) is 38.8. The number of carbonyl (C=O) groups is 2. The molecule has 0 atom stereocenters. The number of fused-ring (bicyclic) bond motifs is 1. The topological polar surface area (TPSA) is 75.6 Å². The zero-order valence-electron chi connectivity index (χ0n) is 17.3. The van der Waals surface area contributed by atoms with Crippen LogP contribution in [0.1, 0.15) is 13.3 Å². The van der Waals surface area contributed by atoms with Crippen LogP contribution >= 0.6 is 23.1 Å². The molecule has 0 radical (unpaired) electrons. The molecule has 3 aromatic rings. The maximum Gasteiger partial charge on any atom is 0.409 e. The molecule has 0 unspecified atom stereocenters. The highest BCUT2D eigenvalue weighted by molar-refractivity contribution is 7.99. The van der Waals surface area contributed by atoms with Crippen molar-refractivity contribution in [1.82, 2.24) is 19.8 Å². The van der Waals surface area contributed by atoms with Gasteiger partial charge < -0.3 is 14.5 Å². The molecule has 31 heavy (non-hydrogen) atoms. The number of carbonyl (C=O) groups excluding carboxylic acids is 2. The molecule has 0 aliphatic carbocycles. The van der Waals surface area contributed by atoms with Gasteiger partial charge in [-0.2, -0.15) is 0 Å². The van der Waals surface area contributed by atoms with Crippen molar-refractivity contribution >= 4 is 45.3 Å². The van der Waals surface area contributed by atoms with E-state index in [2.05, 4.69) is 28.2 Å². The summed E-state index contributed by atoms with van der Waals surface area (Å²) >= 11 is 3.24. The number of thiophene rings is 1. The number of hydrogen-bond donors (Lipinski definition) is 0. The average molecular weight is 457 g/mol. The second-order valence-corrected chi connectivity index (χ2v) is 9.15. The molecule has 1 aliphatic rings. The van der Waals surface area contributed by atoms with E-state index in [1.165, 1.54) is 5.56 Å². The SMILES string of the molecule is CCOC(=O)N1CCN(C(=O)CCSc2ncnc3sc(-c4ccccc4)cc23)CC1. The van der Waals surface area contributed by atoms with Gasteiger partial charge in [-0.1, -0.05) is 30.3 Å². The first-order valence-corrected chi connectivity index (χ1v) is 12.1. The van der Waals surface area contributed by atoms with Crippen LogP contribution in [0.3, 0.4) is 0 Å². The van der Waals surface area contributed by atoms with Gasteiger partial charge in [0.15, 0.2) is 0 Å². The quantitative estimate of drug-likeness (QED) is 0.410. The predicted octanol–water partition coefficient (Wildman–Crippen LogP) is 4.14. The van der Waals surface area contributed by atoms with E-state index in [-0.39, 0.29) is 12.0 Å². The number of aromatic nitrogens is 2. The molecule has 4 rings (SSSR count). The van der Waals surface area contributed by atoms with Crippen molar-refractivity contribution in [3.63, 3.8) is 0 Å². The van der Waals surface area contributed by atoms with Gasteiger partial charge in [0.05, 0.1) is 6.61 Å². The first-order chi connectivity index (χ1) is 15.2. The fourth-order valence-electron chi connectivity index (χ4n) is 3.44. The first-order valence-electron chi connectivity index (χ1n) is 10.3. The van der Waals surface area contributed by atoms with Crippen molar-refractivity contribution in [2.24, 2.45) is 0 Å². The lowest BCUT2D eigenvalue weighted by Crippen LogP contribution is -2.50. The van der Waals surface area contributed by atoms with Gasteiger partial charge in [0, 0.05) is 48.6 Å². The highest BCUT2D eigenvalue weighted by Gasteiger charge is 2.24. The number of hydrogen-bond acceptors (Lipinski definition) is 7. The van der Waals surface area contributed by atoms with Gasteiger partial charge in [-0.3, -0.25) is 4.79 Å². The molecule has 1 aromatic carbocycles. The fourth-order valence-corrected chi connectivity index (χ4v) is 5.41. The highest BCUT2D eigenvalue weighted by atomic mass is 32.2. The van der Waals surface area contributed by atoms with Crippen molar-refractivity contribution in [2.75, 3.05) is 38.5 Å². The van der Waals surface area contributed by atoms with Gasteiger partial charge in [-0.05, 0) is 18.6 Å². The zero-order valence-corrected chi connectivity index (χ0v) is 19.0. The molecule has 1 fully saturated rings. The van der Waals surface area contributed by atoms with Crippen LogP contribution in [-0.4, -0.2) is 70.3 Å². The highest BCUT2D eigenvalue weighted by Crippen LogP contribution is 2.36. The van der Waals surface area contributed by atoms with E-state index in [4.69, 9.17) is 4.74 Å². The van der Waals surface area contributed by atoms with Crippen LogP contribution < -0.4 is 0 Å². The first kappa shape index (κ1) is 21.6. The monoisotopic (exact) mass is 456 g/mol. The summed E-state index contributed by atoms with van der Waals surface area (Å²) in [6, 6.07) is 12.4. The third-order valence-corrected chi connectivity index (χ3v) is 7.16. The Morgan fingerprint density at radius 3 is 2.58 bits per heavy atom. The van der Waals surface area contributed by atoms with E-state index >= 15 is 0 Å². The number of ether oxygens (including phenoxy) is 1. The second kappa shape index (κ2) is 10.1. The van der Waals surface area contributed by atoms with Crippen LogP contribution in [0.5, 0.6) is 0 Å². The van der Waals surface area contributed by atoms with Crippen molar-refractivity contribution in [3.05, 3.63) is 42.7 Å². The summed E-state index contributed by atoms with van der Waals surface area (Å²) in [6.07, 6.45) is 1.72. The number of thioether (sulfide) groups is 1. The third-order valence-electron chi connectivity index (χ3n) is 5.06. The van der Waals surface area contributed by atoms with Crippen molar-refractivity contribution in [3.8, 4) is 10.4 Å². The maximum absolute atomic E-state index is 12.6. The summed E-state index contributed by atoms with van der Waals surface area (Å²) in [5.74, 6) is 0.760. The Morgan fingerprint density at radius 1 is 1.10 bits per heavy atom. The standard InChI is InChI=1S/C22H24N4O3S2/c1-2-29-22(28)26-11-9-25(10-12-26)19(27)8-13-30-20-17-14-18(16-6-4-3-5-7-16)31-21(17)24-15-23-20/h3-7,14-15H,2,8-13H2,1H3. The number of amides is 2. The molecule has 1 aliphatic heterocycles. The van der Waals surface area contributed by atoms with Crippen molar-refractivity contribution in [2.45, 2.75) is 18.4 Å². The Labute approximate surface area is 189 Å². The van der Waals surface area contributed by atoms with Crippen LogP contribution in [0.15, 0.2) is 47.8 Å². The van der Waals surface area contributed by atoms with Gasteiger partial charge in [0.25, 0.3) is 0 Å². The van der Waals surface area contributed by atoms with Crippen molar-refractivity contribution < 1.29 is 14.3 Å². The van der Waals surface area contributed by atoms with E-state index < -0.39 is 0 Å². The number of nitrogens with zero attached hydrogens (tertiary/aromatic N) is 4. The summed E-state index contributed by atoms with van der Waals surface area (Å²) in [6.45, 7) is 4.28. The Morgan fingerprint density at radius 2 is 1.84 bits per heavy atom. The maximum atomic E-state index is 12.6. The van der Waals surface area contributed by atoms with Gasteiger partial charge in [-0.25, -0.2) is 14.8 Å². The molecule has 0 saturated carbocycles. The Hall–Kier alpha value is -2.65. The smallest absolute Gasteiger partial charge is 0.409 e. The van der Waals surface area contributed by atoms with Crippen LogP contribution in [0.25, 0.3) is 20.7 Å². The van der Waals surface area contributed by atoms with Crippen molar-refractivity contribution in [1.29, 1.82) is 0 Å². The van der Waals surface area contributed by atoms with Gasteiger partial charge in [0.1, 0.15) is 16.2 Å². The molecule has 3 heterocycles. The minimum absolute atomic E-state index is 0.108. The van der Waals surface area contributed by atoms with Gasteiger partial charge in [0.2, 0.25) is 5.91 Å². The molecule has 2 aromatic heterocycles. The van der Waals surface area contributed by atoms with E-state index in [1.807, 2.05) is 23.1 Å². The normalized spacial score (nSPS) is 14.1. The Kier molecular flexibility index (Phi) is 7.03. The van der Waals surface area contributed by atoms with Crippen LogP contribution in [0, 0.1) is 0 Å². The van der Waals surface area contributed by atoms with E-state index in [1.54, 1.807) is 41.2 Å². The van der Waals surface area contributed by atoms with Crippen LogP contribution in [-0.2, 0) is 9.53 Å². The van der Waals surface area contributed by atoms with Gasteiger partial charge >= 0.3 is 6.09 Å². The molecule has 162 valence electrons. The van der Waals surface area contributed by atoms with E-state index in [9.17, 15) is 9.59 Å². The average Bonchev–Trinajstić information content (AvgIpc) is 3.25. The molecule has 7 nitrogen and oxygen atoms in total. The molecule has 9 heteroatoms. The van der Waals surface area contributed by atoms with E-state index in [0.717, 1.165) is 20.1 Å². The van der Waals surface area contributed by atoms with Crippen LogP contribution in [0.2, 0.25) is 0 Å². The van der Waals surface area contributed by atoms with E-state index in [0.29, 0.717) is 45.0 Å². The predicted molar refractivity (Wildman–Crippen MR) is 123 cm³/mol. The molecule has 2 amide bonds. The molecule has 0 bridgehead atoms. The Bertz CT molecular complexity index is 1050. The molecular formula is C22H24N4O3S2. The lowest BCUT2D eigenvalue weighted by atomic mass is 10.2. The fraction of sp³-hybridized carbons (Fsp3) is 0.364. The third kappa shape index (κ3) is 5.16. The summed E-state index contributed by atoms with van der Waals surface area (Å²) in [5.41, 5.74) is 1.17. The van der Waals surface area contributed by atoms with Gasteiger partial charge in [-0.15, -0.1) is 23.1 Å². The summed E-state index contributed by atoms with van der Waals surface area (Å²) < 4.78 is 5.03. The Balaban J connectivity index is 1.32. The molecule has 0 spiro atoms. The lowest BCUT2D eigenvalue weighted by molar-refractivity contribution is -0.132. The number of benzene rings is 1. The lowest BCUT2D eigenvalue weighted by Gasteiger charge is -2.34. The minimum Gasteiger partial charge on any atom is -0.450 e. The molecule has 1 saturated heterocycles. The second-order valence-electron chi connectivity index (χ2n) is 7.04. The number of piperazine rings is 1. The zero-order chi connectivity index (χ0) is 21.6. The number of rotatable bonds is 6. The largest absolute Gasteiger partial charge is 0.450 e. The summed E-state index contributed by atoms with van der Waals surface area (Å²) in [7, 11) is 0.